The van der Waals surface area contributed by atoms with Crippen molar-refractivity contribution < 1.29 is 24.0 Å². The van der Waals surface area contributed by atoms with Crippen molar-refractivity contribution in [3.05, 3.63) is 63.5 Å². The highest BCUT2D eigenvalue weighted by molar-refractivity contribution is 8.06. The van der Waals surface area contributed by atoms with Crippen LogP contribution in [0.5, 0.6) is 5.75 Å². The van der Waals surface area contributed by atoms with Crippen LogP contribution in [0.2, 0.25) is 5.02 Å². The highest BCUT2D eigenvalue weighted by atomic mass is 35.5. The number of hydrogen-bond donors (Lipinski definition) is 2. The lowest BCUT2D eigenvalue weighted by molar-refractivity contribution is -0.113. The van der Waals surface area contributed by atoms with Gasteiger partial charge >= 0.3 is 0 Å². The van der Waals surface area contributed by atoms with Gasteiger partial charge in [-0.15, -0.1) is 0 Å². The van der Waals surface area contributed by atoms with Gasteiger partial charge in [-0.25, -0.2) is 4.21 Å². The van der Waals surface area contributed by atoms with E-state index in [0.29, 0.717) is 23.5 Å². The Morgan fingerprint density at radius 2 is 2.03 bits per heavy atom. The first kappa shape index (κ1) is 24.1. The summed E-state index contributed by atoms with van der Waals surface area (Å²) in [5.74, 6) is -0.0677. The van der Waals surface area contributed by atoms with Crippen LogP contribution < -0.4 is 9.64 Å². The van der Waals surface area contributed by atoms with Crippen molar-refractivity contribution in [3.63, 3.8) is 0 Å². The molecule has 1 saturated heterocycles. The molecule has 2 atom stereocenters. The summed E-state index contributed by atoms with van der Waals surface area (Å²) in [5.41, 5.74) is 2.09. The summed E-state index contributed by atoms with van der Waals surface area (Å²) in [5, 5.41) is 18.8. The standard InChI is InChI=1S/C23H25ClN2O5S/c1-3-10-25-23-26(19-7-5-4-6-15(19)2)22(29)21(32(23)30)12-16-8-9-20(18(24)11-16)31-14-17(28)13-27/h4-9,11-12,17,27-28H,3,10,13-14H2,1-2H3/b21-12+,25-23?/t17-,32?/m0/s1. The number of amidine groups is 1. The van der Waals surface area contributed by atoms with E-state index in [0.717, 1.165) is 12.0 Å². The average Bonchev–Trinajstić information content (AvgIpc) is 3.01. The van der Waals surface area contributed by atoms with Crippen LogP contribution in [-0.4, -0.2) is 51.4 Å². The lowest BCUT2D eigenvalue weighted by Gasteiger charge is -2.17. The summed E-state index contributed by atoms with van der Waals surface area (Å²) >= 11 is 6.26. The number of carbonyl (C=O) groups excluding carboxylic acids is 1. The molecule has 1 fully saturated rings. The van der Waals surface area contributed by atoms with Gasteiger partial charge in [0.2, 0.25) is 5.17 Å². The van der Waals surface area contributed by atoms with Gasteiger partial charge in [0.05, 0.1) is 17.3 Å². The van der Waals surface area contributed by atoms with Crippen molar-refractivity contribution >= 4 is 45.2 Å². The maximum atomic E-state index is 13.3. The molecule has 3 rings (SSSR count). The number of aryl methyl sites for hydroxylation is 1. The predicted molar refractivity (Wildman–Crippen MR) is 127 cm³/mol. The number of rotatable bonds is 8. The minimum Gasteiger partial charge on any atom is -0.489 e. The Bertz CT molecular complexity index is 1090. The second-order valence-electron chi connectivity index (χ2n) is 7.21. The second kappa shape index (κ2) is 10.9. The number of aliphatic hydroxyl groups excluding tert-OH is 2. The average molecular weight is 477 g/mol. The van der Waals surface area contributed by atoms with E-state index in [2.05, 4.69) is 4.99 Å². The Labute approximate surface area is 194 Å². The van der Waals surface area contributed by atoms with E-state index in [1.54, 1.807) is 24.3 Å². The number of carbonyl (C=O) groups is 1. The number of ether oxygens (including phenoxy) is 1. The fourth-order valence-corrected chi connectivity index (χ4v) is 4.54. The molecule has 9 heteroatoms. The Kier molecular flexibility index (Phi) is 8.20. The highest BCUT2D eigenvalue weighted by Gasteiger charge is 2.40. The minimum absolute atomic E-state index is 0.109. The number of aliphatic imine (C=N–C) groups is 1. The van der Waals surface area contributed by atoms with Crippen LogP contribution in [0.4, 0.5) is 5.69 Å². The van der Waals surface area contributed by atoms with E-state index >= 15 is 0 Å². The molecule has 32 heavy (non-hydrogen) atoms. The van der Waals surface area contributed by atoms with Gasteiger partial charge in [0.15, 0.2) is 0 Å². The lowest BCUT2D eigenvalue weighted by Crippen LogP contribution is -2.30. The van der Waals surface area contributed by atoms with Crippen LogP contribution in [0.15, 0.2) is 52.4 Å². The first-order valence-corrected chi connectivity index (χ1v) is 11.7. The topological polar surface area (TPSA) is 99.4 Å². The van der Waals surface area contributed by atoms with E-state index in [1.165, 1.54) is 11.0 Å². The third-order valence-corrected chi connectivity index (χ3v) is 6.32. The van der Waals surface area contributed by atoms with Crippen LogP contribution in [0.3, 0.4) is 0 Å². The van der Waals surface area contributed by atoms with E-state index in [-0.39, 0.29) is 21.7 Å². The van der Waals surface area contributed by atoms with Gasteiger partial charge in [0.1, 0.15) is 34.2 Å². The van der Waals surface area contributed by atoms with Crippen LogP contribution >= 0.6 is 11.6 Å². The first-order valence-electron chi connectivity index (χ1n) is 10.2. The number of amides is 1. The van der Waals surface area contributed by atoms with Crippen molar-refractivity contribution in [1.82, 2.24) is 0 Å². The lowest BCUT2D eigenvalue weighted by atomic mass is 10.1. The summed E-state index contributed by atoms with van der Waals surface area (Å²) < 4.78 is 18.6. The molecule has 0 spiro atoms. The number of benzene rings is 2. The minimum atomic E-state index is -1.74. The van der Waals surface area contributed by atoms with E-state index in [4.69, 9.17) is 21.4 Å². The van der Waals surface area contributed by atoms with Gasteiger partial charge in [-0.1, -0.05) is 42.8 Å². The van der Waals surface area contributed by atoms with Crippen molar-refractivity contribution in [2.24, 2.45) is 4.99 Å². The third kappa shape index (κ3) is 5.27. The first-order chi connectivity index (χ1) is 15.4. The van der Waals surface area contributed by atoms with Gasteiger partial charge < -0.3 is 14.9 Å². The number of para-hydroxylation sites is 1. The van der Waals surface area contributed by atoms with Crippen LogP contribution in [0, 0.1) is 6.92 Å². The fraction of sp³-hybridized carbons (Fsp3) is 0.304. The number of hydrogen-bond acceptors (Lipinski definition) is 6. The Hall–Kier alpha value is -2.52. The summed E-state index contributed by atoms with van der Waals surface area (Å²) in [6.07, 6.45) is 1.29. The smallest absolute Gasteiger partial charge is 0.274 e. The molecule has 2 aromatic carbocycles. The molecule has 1 aliphatic rings. The van der Waals surface area contributed by atoms with E-state index in [1.807, 2.05) is 32.0 Å². The van der Waals surface area contributed by atoms with Gasteiger partial charge in [-0.05, 0) is 48.7 Å². The summed E-state index contributed by atoms with van der Waals surface area (Å²) in [6.45, 7) is 3.78. The summed E-state index contributed by atoms with van der Waals surface area (Å²) in [6, 6.07) is 12.2. The molecule has 0 saturated carbocycles. The molecular weight excluding hydrogens is 452 g/mol. The zero-order valence-electron chi connectivity index (χ0n) is 17.8. The number of aliphatic hydroxyl groups is 2. The number of nitrogens with zero attached hydrogens (tertiary/aromatic N) is 2. The number of halogens is 1. The van der Waals surface area contributed by atoms with Crippen LogP contribution in [-0.2, 0) is 15.6 Å². The number of anilines is 1. The van der Waals surface area contributed by atoms with E-state index < -0.39 is 29.4 Å². The molecule has 1 unspecified atom stereocenters. The van der Waals surface area contributed by atoms with Gasteiger partial charge in [0, 0.05) is 6.54 Å². The quantitative estimate of drug-likeness (QED) is 0.569. The van der Waals surface area contributed by atoms with Crippen LogP contribution in [0.25, 0.3) is 6.08 Å². The Morgan fingerprint density at radius 1 is 1.28 bits per heavy atom. The summed E-state index contributed by atoms with van der Waals surface area (Å²) in [7, 11) is -1.74. The zero-order valence-corrected chi connectivity index (χ0v) is 19.4. The maximum Gasteiger partial charge on any atom is 0.274 e. The Balaban J connectivity index is 1.95. The van der Waals surface area contributed by atoms with Gasteiger partial charge in [0.25, 0.3) is 5.91 Å². The molecular formula is C23H25ClN2O5S. The molecule has 1 amide bonds. The Morgan fingerprint density at radius 3 is 2.69 bits per heavy atom. The van der Waals surface area contributed by atoms with Gasteiger partial charge in [-0.2, -0.15) is 0 Å². The van der Waals surface area contributed by atoms with E-state index in [9.17, 15) is 14.1 Å². The van der Waals surface area contributed by atoms with Crippen molar-refractivity contribution in [2.45, 2.75) is 26.4 Å². The molecule has 0 radical (unpaired) electrons. The normalized spacial score (nSPS) is 19.7. The SMILES string of the molecule is CCCN=C1N(c2ccccc2C)C(=O)/C(=C\c2ccc(OC[C@@H](O)CO)c(Cl)c2)S1=O. The molecule has 2 aromatic rings. The predicted octanol–water partition coefficient (Wildman–Crippen LogP) is 3.28. The monoisotopic (exact) mass is 476 g/mol. The molecule has 1 aliphatic heterocycles. The molecule has 0 aliphatic carbocycles. The van der Waals surface area contributed by atoms with Gasteiger partial charge in [-0.3, -0.25) is 14.7 Å². The van der Waals surface area contributed by atoms with Crippen molar-refractivity contribution in [1.29, 1.82) is 0 Å². The molecule has 7 nitrogen and oxygen atoms in total. The highest BCUT2D eigenvalue weighted by Crippen LogP contribution is 2.32. The molecule has 2 N–H and O–H groups in total. The second-order valence-corrected chi connectivity index (χ2v) is 8.96. The molecule has 170 valence electrons. The molecule has 0 aromatic heterocycles. The van der Waals surface area contributed by atoms with Crippen molar-refractivity contribution in [2.75, 3.05) is 24.7 Å². The molecule has 1 heterocycles. The summed E-state index contributed by atoms with van der Waals surface area (Å²) in [4.78, 5) is 19.3. The van der Waals surface area contributed by atoms with Crippen LogP contribution in [0.1, 0.15) is 24.5 Å². The zero-order chi connectivity index (χ0) is 23.3. The molecule has 0 bridgehead atoms. The largest absolute Gasteiger partial charge is 0.489 e. The maximum absolute atomic E-state index is 13.3. The van der Waals surface area contributed by atoms with Crippen molar-refractivity contribution in [3.8, 4) is 5.75 Å². The third-order valence-electron chi connectivity index (χ3n) is 4.69. The fourth-order valence-electron chi connectivity index (χ4n) is 3.05.